The van der Waals surface area contributed by atoms with E-state index in [2.05, 4.69) is 46.7 Å². The van der Waals surface area contributed by atoms with Crippen molar-refractivity contribution in [2.75, 3.05) is 49.1 Å². The van der Waals surface area contributed by atoms with Crippen molar-refractivity contribution in [1.82, 2.24) is 15.5 Å². The molecule has 1 aromatic carbocycles. The van der Waals surface area contributed by atoms with Crippen LogP contribution in [0.15, 0.2) is 29.3 Å². The molecule has 2 aliphatic rings. The number of carbonyl (C=O) groups excluding carboxylic acids is 1. The molecule has 2 aliphatic heterocycles. The lowest BCUT2D eigenvalue weighted by Crippen LogP contribution is -2.45. The van der Waals surface area contributed by atoms with Crippen LogP contribution in [-0.2, 0) is 11.3 Å². The number of nitrogens with zero attached hydrogens (tertiary/aromatic N) is 3. The molecule has 2 N–H and O–H groups in total. The Kier molecular flexibility index (Phi) is 8.09. The molecule has 0 radical (unpaired) electrons. The lowest BCUT2D eigenvalue weighted by atomic mass is 10.2. The van der Waals surface area contributed by atoms with Gasteiger partial charge in [-0.2, -0.15) is 11.8 Å². The van der Waals surface area contributed by atoms with Gasteiger partial charge in [0.25, 0.3) is 0 Å². The summed E-state index contributed by atoms with van der Waals surface area (Å²) in [6.07, 6.45) is 0.964. The second-order valence-corrected chi connectivity index (χ2v) is 9.25. The number of amides is 1. The molecule has 2 saturated heterocycles. The summed E-state index contributed by atoms with van der Waals surface area (Å²) in [4.78, 5) is 21.4. The summed E-state index contributed by atoms with van der Waals surface area (Å²) in [6.45, 7) is 11.3. The SMILES string of the molecule is CCNC(=NCc1ccc(N2CCSCC2)cc1)NC1CCN(C(=O)C(C)C)C1. The molecule has 7 heteroatoms. The van der Waals surface area contributed by atoms with E-state index in [0.717, 1.165) is 45.1 Å². The van der Waals surface area contributed by atoms with Gasteiger partial charge in [-0.3, -0.25) is 4.79 Å². The van der Waals surface area contributed by atoms with E-state index in [-0.39, 0.29) is 17.9 Å². The van der Waals surface area contributed by atoms with E-state index in [4.69, 9.17) is 4.99 Å². The lowest BCUT2D eigenvalue weighted by molar-refractivity contribution is -0.133. The third-order valence-electron chi connectivity index (χ3n) is 5.41. The number of hydrogen-bond acceptors (Lipinski definition) is 4. The van der Waals surface area contributed by atoms with Gasteiger partial charge in [-0.25, -0.2) is 4.99 Å². The minimum Gasteiger partial charge on any atom is -0.370 e. The van der Waals surface area contributed by atoms with Crippen molar-refractivity contribution in [2.45, 2.75) is 39.8 Å². The Morgan fingerprint density at radius 3 is 2.59 bits per heavy atom. The summed E-state index contributed by atoms with van der Waals surface area (Å²) in [5.74, 6) is 3.55. The van der Waals surface area contributed by atoms with Crippen LogP contribution < -0.4 is 15.5 Å². The van der Waals surface area contributed by atoms with Crippen LogP contribution in [0.4, 0.5) is 5.69 Å². The molecule has 160 valence electrons. The van der Waals surface area contributed by atoms with Crippen LogP contribution in [-0.4, -0.2) is 67.0 Å². The summed E-state index contributed by atoms with van der Waals surface area (Å²) in [6, 6.07) is 9.06. The van der Waals surface area contributed by atoms with Crippen molar-refractivity contribution < 1.29 is 4.79 Å². The van der Waals surface area contributed by atoms with E-state index < -0.39 is 0 Å². The minimum absolute atomic E-state index is 0.0577. The van der Waals surface area contributed by atoms with Crippen LogP contribution in [0.2, 0.25) is 0 Å². The first-order valence-electron chi connectivity index (χ1n) is 10.8. The van der Waals surface area contributed by atoms with E-state index in [1.807, 2.05) is 30.5 Å². The summed E-state index contributed by atoms with van der Waals surface area (Å²) >= 11 is 2.03. The largest absolute Gasteiger partial charge is 0.370 e. The van der Waals surface area contributed by atoms with E-state index in [9.17, 15) is 4.79 Å². The smallest absolute Gasteiger partial charge is 0.225 e. The van der Waals surface area contributed by atoms with Gasteiger partial charge in [0.1, 0.15) is 0 Å². The zero-order valence-electron chi connectivity index (χ0n) is 18.0. The number of likely N-dealkylation sites (tertiary alicyclic amines) is 1. The third-order valence-corrected chi connectivity index (χ3v) is 6.35. The Balaban J connectivity index is 1.54. The highest BCUT2D eigenvalue weighted by Gasteiger charge is 2.27. The van der Waals surface area contributed by atoms with Crippen molar-refractivity contribution in [2.24, 2.45) is 10.9 Å². The molecule has 0 saturated carbocycles. The molecule has 0 spiro atoms. The summed E-state index contributed by atoms with van der Waals surface area (Å²) < 4.78 is 0. The zero-order valence-corrected chi connectivity index (χ0v) is 18.8. The molecule has 1 aromatic rings. The number of anilines is 1. The van der Waals surface area contributed by atoms with Gasteiger partial charge < -0.3 is 20.4 Å². The maximum Gasteiger partial charge on any atom is 0.225 e. The maximum atomic E-state index is 12.2. The second kappa shape index (κ2) is 10.8. The number of thioether (sulfide) groups is 1. The van der Waals surface area contributed by atoms with Crippen molar-refractivity contribution in [3.05, 3.63) is 29.8 Å². The topological polar surface area (TPSA) is 60.0 Å². The Hall–Kier alpha value is -1.89. The number of guanidine groups is 1. The highest BCUT2D eigenvalue weighted by molar-refractivity contribution is 7.99. The zero-order chi connectivity index (χ0) is 20.6. The molecule has 2 heterocycles. The fourth-order valence-electron chi connectivity index (χ4n) is 3.76. The maximum absolute atomic E-state index is 12.2. The van der Waals surface area contributed by atoms with Crippen molar-refractivity contribution >= 4 is 29.3 Å². The molecule has 0 aliphatic carbocycles. The molecule has 6 nitrogen and oxygen atoms in total. The fraction of sp³-hybridized carbons (Fsp3) is 0.636. The van der Waals surface area contributed by atoms with Crippen molar-refractivity contribution in [3.8, 4) is 0 Å². The first kappa shape index (κ1) is 21.8. The molecule has 3 rings (SSSR count). The van der Waals surface area contributed by atoms with Crippen LogP contribution in [0.5, 0.6) is 0 Å². The molecule has 0 aromatic heterocycles. The van der Waals surface area contributed by atoms with E-state index in [1.165, 1.54) is 22.8 Å². The van der Waals surface area contributed by atoms with E-state index in [1.54, 1.807) is 0 Å². The molecular formula is C22H35N5OS. The minimum atomic E-state index is 0.0577. The Bertz CT molecular complexity index is 685. The predicted molar refractivity (Wildman–Crippen MR) is 124 cm³/mol. The van der Waals surface area contributed by atoms with Gasteiger partial charge in [-0.1, -0.05) is 26.0 Å². The number of benzene rings is 1. The van der Waals surface area contributed by atoms with Crippen LogP contribution in [0, 0.1) is 5.92 Å². The van der Waals surface area contributed by atoms with Crippen LogP contribution in [0.25, 0.3) is 0 Å². The number of rotatable bonds is 6. The summed E-state index contributed by atoms with van der Waals surface area (Å²) in [5, 5.41) is 6.84. The predicted octanol–water partition coefficient (Wildman–Crippen LogP) is 2.55. The van der Waals surface area contributed by atoms with Gasteiger partial charge in [0.05, 0.1) is 6.54 Å². The summed E-state index contributed by atoms with van der Waals surface area (Å²) in [7, 11) is 0. The van der Waals surface area contributed by atoms with Crippen LogP contribution in [0.1, 0.15) is 32.8 Å². The number of aliphatic imine (C=N–C) groups is 1. The van der Waals surface area contributed by atoms with Crippen molar-refractivity contribution in [3.63, 3.8) is 0 Å². The molecule has 2 fully saturated rings. The normalized spacial score (nSPS) is 20.3. The molecule has 1 amide bonds. The first-order valence-corrected chi connectivity index (χ1v) is 12.0. The van der Waals surface area contributed by atoms with Gasteiger partial charge in [0, 0.05) is 61.9 Å². The van der Waals surface area contributed by atoms with E-state index in [0.29, 0.717) is 6.54 Å². The Labute approximate surface area is 179 Å². The quantitative estimate of drug-likeness (QED) is 0.550. The standard InChI is InChI=1S/C22H35N5OS/c1-4-23-22(25-19-9-10-27(16-19)21(28)17(2)3)24-15-18-5-7-20(8-6-18)26-11-13-29-14-12-26/h5-8,17,19H,4,9-16H2,1-3H3,(H2,23,24,25). The highest BCUT2D eigenvalue weighted by Crippen LogP contribution is 2.20. The van der Waals surface area contributed by atoms with Gasteiger partial charge in [-0.05, 0) is 31.0 Å². The van der Waals surface area contributed by atoms with Crippen molar-refractivity contribution in [1.29, 1.82) is 0 Å². The number of carbonyl (C=O) groups is 1. The lowest BCUT2D eigenvalue weighted by Gasteiger charge is -2.28. The second-order valence-electron chi connectivity index (χ2n) is 8.03. The van der Waals surface area contributed by atoms with Gasteiger partial charge >= 0.3 is 0 Å². The third kappa shape index (κ3) is 6.29. The Morgan fingerprint density at radius 1 is 1.21 bits per heavy atom. The van der Waals surface area contributed by atoms with Crippen LogP contribution >= 0.6 is 11.8 Å². The van der Waals surface area contributed by atoms with E-state index >= 15 is 0 Å². The molecule has 1 unspecified atom stereocenters. The first-order chi connectivity index (χ1) is 14.1. The fourth-order valence-corrected chi connectivity index (χ4v) is 4.66. The average molecular weight is 418 g/mol. The molecule has 29 heavy (non-hydrogen) atoms. The molecular weight excluding hydrogens is 382 g/mol. The van der Waals surface area contributed by atoms with Gasteiger partial charge in [0.15, 0.2) is 5.96 Å². The monoisotopic (exact) mass is 417 g/mol. The average Bonchev–Trinajstić information content (AvgIpc) is 3.21. The number of nitrogens with one attached hydrogen (secondary N) is 2. The van der Waals surface area contributed by atoms with Crippen LogP contribution in [0.3, 0.4) is 0 Å². The van der Waals surface area contributed by atoms with Gasteiger partial charge in [-0.15, -0.1) is 0 Å². The van der Waals surface area contributed by atoms with Gasteiger partial charge in [0.2, 0.25) is 5.91 Å². The molecule has 0 bridgehead atoms. The molecule has 1 atom stereocenters. The summed E-state index contributed by atoms with van der Waals surface area (Å²) in [5.41, 5.74) is 2.52. The number of hydrogen-bond donors (Lipinski definition) is 2. The Morgan fingerprint density at radius 2 is 1.93 bits per heavy atom. The highest BCUT2D eigenvalue weighted by atomic mass is 32.2.